The Morgan fingerprint density at radius 1 is 1.35 bits per heavy atom. The molecule has 1 unspecified atom stereocenters. The van der Waals surface area contributed by atoms with Crippen LogP contribution >= 0.6 is 0 Å². The predicted octanol–water partition coefficient (Wildman–Crippen LogP) is 3.49. The normalized spacial score (nSPS) is 12.7. The summed E-state index contributed by atoms with van der Waals surface area (Å²) in [5, 5.41) is 21.2. The van der Waals surface area contributed by atoms with Gasteiger partial charge < -0.3 is 0 Å². The van der Waals surface area contributed by atoms with Crippen LogP contribution in [0, 0.1) is 23.2 Å². The van der Waals surface area contributed by atoms with Crippen LogP contribution in [-0.4, -0.2) is 19.9 Å². The number of hydrogen-bond donors (Lipinski definition) is 1. The fourth-order valence-electron chi connectivity index (χ4n) is 2.28. The molecule has 0 radical (unpaired) electrons. The summed E-state index contributed by atoms with van der Waals surface area (Å²) in [6, 6.07) is 7.55. The van der Waals surface area contributed by atoms with Gasteiger partial charge in [-0.25, -0.2) is 5.21 Å². The molecule has 0 aliphatic heterocycles. The van der Waals surface area contributed by atoms with Gasteiger partial charge in [0.2, 0.25) is 5.69 Å². The van der Waals surface area contributed by atoms with Crippen LogP contribution in [-0.2, 0) is 6.18 Å². The summed E-state index contributed by atoms with van der Waals surface area (Å²) in [6.07, 6.45) is -4.87. The molecule has 0 aliphatic rings. The molecule has 1 atom stereocenters. The second kappa shape index (κ2) is 5.72. The van der Waals surface area contributed by atoms with Crippen molar-refractivity contribution in [2.75, 3.05) is 0 Å². The summed E-state index contributed by atoms with van der Waals surface area (Å²) in [6.45, 7) is 2.86. The maximum atomic E-state index is 13.0. The van der Waals surface area contributed by atoms with Crippen molar-refractivity contribution in [3.8, 4) is 6.07 Å². The molecule has 1 heterocycles. The Hall–Kier alpha value is -2.89. The molecule has 2 rings (SSSR count). The van der Waals surface area contributed by atoms with Gasteiger partial charge in [0, 0.05) is 0 Å². The first-order valence-electron chi connectivity index (χ1n) is 6.49. The summed E-state index contributed by atoms with van der Waals surface area (Å²) < 4.78 is 39.9. The first-order chi connectivity index (χ1) is 10.7. The lowest BCUT2D eigenvalue weighted by Gasteiger charge is -2.14. The monoisotopic (exact) mass is 325 g/mol. The molecular formula is C14H12F3N4O2+. The zero-order valence-electron chi connectivity index (χ0n) is 12.2. The second-order valence-corrected chi connectivity index (χ2v) is 4.91. The lowest BCUT2D eigenvalue weighted by Crippen LogP contribution is -2.13. The standard InChI is InChI=1S/C14H12F3N4O2/c1-8(11-5-3-10(7-18)4-6-11)20-9(2)12(21(22)23)13(19-20)14(15,16)17/h3-6,8H,1-2H3,(H,22,23)/q+1. The molecule has 0 fully saturated rings. The number of rotatable bonds is 3. The average molecular weight is 325 g/mol. The molecule has 1 aromatic heterocycles. The molecular weight excluding hydrogens is 313 g/mol. The van der Waals surface area contributed by atoms with Crippen molar-refractivity contribution in [1.29, 1.82) is 5.26 Å². The van der Waals surface area contributed by atoms with Crippen molar-refractivity contribution >= 4 is 5.69 Å². The van der Waals surface area contributed by atoms with Crippen molar-refractivity contribution in [2.24, 2.45) is 0 Å². The molecule has 0 saturated heterocycles. The number of hydrogen-bond acceptors (Lipinski definition) is 3. The molecule has 9 heteroatoms. The smallest absolute Gasteiger partial charge is 0.255 e. The highest BCUT2D eigenvalue weighted by Gasteiger charge is 2.46. The Morgan fingerprint density at radius 2 is 1.91 bits per heavy atom. The van der Waals surface area contributed by atoms with E-state index in [-0.39, 0.29) is 5.69 Å². The van der Waals surface area contributed by atoms with Crippen molar-refractivity contribution in [3.05, 3.63) is 51.7 Å². The Bertz CT molecular complexity index is 788. The Balaban J connectivity index is 2.54. The minimum atomic E-state index is -4.87. The highest BCUT2D eigenvalue weighted by molar-refractivity contribution is 5.42. The molecule has 6 nitrogen and oxygen atoms in total. The largest absolute Gasteiger partial charge is 0.442 e. The number of aromatic nitrogens is 2. The summed E-state index contributed by atoms with van der Waals surface area (Å²) >= 11 is 0. The van der Waals surface area contributed by atoms with Crippen LogP contribution in [0.25, 0.3) is 0 Å². The summed E-state index contributed by atoms with van der Waals surface area (Å²) in [4.78, 5) is 10.2. The molecule has 0 aliphatic carbocycles. The number of alkyl halides is 3. The SMILES string of the molecule is Cc1c([N+](=O)O)c(C(F)(F)F)nn1C(C)c1ccc(C#N)cc1. The fourth-order valence-corrected chi connectivity index (χ4v) is 2.28. The van der Waals surface area contributed by atoms with E-state index in [4.69, 9.17) is 10.5 Å². The lowest BCUT2D eigenvalue weighted by atomic mass is 10.1. The Kier molecular flexibility index (Phi) is 4.10. The van der Waals surface area contributed by atoms with Gasteiger partial charge in [0.15, 0.2) is 0 Å². The van der Waals surface area contributed by atoms with E-state index in [0.717, 1.165) is 4.68 Å². The minimum absolute atomic E-state index is 0.119. The topological polar surface area (TPSA) is 81.9 Å². The molecule has 23 heavy (non-hydrogen) atoms. The molecule has 120 valence electrons. The van der Waals surface area contributed by atoms with E-state index < -0.39 is 28.5 Å². The minimum Gasteiger partial charge on any atom is -0.255 e. The highest BCUT2D eigenvalue weighted by atomic mass is 19.4. The molecule has 2 aromatic rings. The third-order valence-electron chi connectivity index (χ3n) is 3.47. The van der Waals surface area contributed by atoms with Gasteiger partial charge in [-0.1, -0.05) is 12.1 Å². The molecule has 0 spiro atoms. The molecule has 1 aromatic carbocycles. The van der Waals surface area contributed by atoms with Crippen LogP contribution in [0.5, 0.6) is 0 Å². The van der Waals surface area contributed by atoms with Gasteiger partial charge >= 0.3 is 11.9 Å². The lowest BCUT2D eigenvalue weighted by molar-refractivity contribution is -0.730. The third-order valence-corrected chi connectivity index (χ3v) is 3.47. The quantitative estimate of drug-likeness (QED) is 0.876. The summed E-state index contributed by atoms with van der Waals surface area (Å²) in [5.74, 6) is 0. The fraction of sp³-hybridized carbons (Fsp3) is 0.286. The zero-order valence-corrected chi connectivity index (χ0v) is 12.2. The number of benzene rings is 1. The van der Waals surface area contributed by atoms with E-state index in [1.165, 1.54) is 19.1 Å². The van der Waals surface area contributed by atoms with Gasteiger partial charge in [-0.3, -0.25) is 4.68 Å². The van der Waals surface area contributed by atoms with Gasteiger partial charge in [0.05, 0.1) is 22.6 Å². The van der Waals surface area contributed by atoms with E-state index in [1.54, 1.807) is 19.1 Å². The van der Waals surface area contributed by atoms with E-state index in [0.29, 0.717) is 11.1 Å². The van der Waals surface area contributed by atoms with Crippen LogP contribution in [0.15, 0.2) is 24.3 Å². The van der Waals surface area contributed by atoms with Gasteiger partial charge in [-0.15, -0.1) is 0 Å². The second-order valence-electron chi connectivity index (χ2n) is 4.91. The van der Waals surface area contributed by atoms with Gasteiger partial charge in [-0.2, -0.15) is 23.5 Å². The molecule has 0 saturated carbocycles. The van der Waals surface area contributed by atoms with Crippen LogP contribution in [0.3, 0.4) is 0 Å². The first kappa shape index (κ1) is 16.5. The average Bonchev–Trinajstić information content (AvgIpc) is 2.84. The zero-order chi connectivity index (χ0) is 17.4. The number of nitrogens with zero attached hydrogens (tertiary/aromatic N) is 4. The van der Waals surface area contributed by atoms with Crippen LogP contribution in [0.1, 0.15) is 35.5 Å². The highest BCUT2D eigenvalue weighted by Crippen LogP contribution is 2.38. The van der Waals surface area contributed by atoms with E-state index in [9.17, 15) is 18.1 Å². The Morgan fingerprint density at radius 3 is 2.30 bits per heavy atom. The van der Waals surface area contributed by atoms with Crippen molar-refractivity contribution in [3.63, 3.8) is 0 Å². The van der Waals surface area contributed by atoms with Crippen molar-refractivity contribution in [2.45, 2.75) is 26.1 Å². The van der Waals surface area contributed by atoms with Gasteiger partial charge in [0.1, 0.15) is 5.69 Å². The maximum Gasteiger partial charge on any atom is 0.442 e. The van der Waals surface area contributed by atoms with Crippen LogP contribution in [0.2, 0.25) is 0 Å². The third kappa shape index (κ3) is 3.01. The summed E-state index contributed by atoms with van der Waals surface area (Å²) in [7, 11) is 0. The molecule has 0 bridgehead atoms. The van der Waals surface area contributed by atoms with Gasteiger partial charge in [0.25, 0.3) is 4.92 Å². The Labute approximate surface area is 128 Å². The van der Waals surface area contributed by atoms with Gasteiger partial charge in [-0.05, 0) is 31.5 Å². The van der Waals surface area contributed by atoms with E-state index >= 15 is 0 Å². The van der Waals surface area contributed by atoms with Crippen LogP contribution < -0.4 is 0 Å². The number of nitriles is 1. The maximum absolute atomic E-state index is 13.0. The number of halogens is 3. The van der Waals surface area contributed by atoms with Crippen molar-refractivity contribution < 1.29 is 23.3 Å². The van der Waals surface area contributed by atoms with E-state index in [2.05, 4.69) is 5.10 Å². The van der Waals surface area contributed by atoms with E-state index in [1.807, 2.05) is 6.07 Å². The molecule has 0 amide bonds. The predicted molar refractivity (Wildman–Crippen MR) is 72.0 cm³/mol. The van der Waals surface area contributed by atoms with Crippen molar-refractivity contribution in [1.82, 2.24) is 9.78 Å². The van der Waals surface area contributed by atoms with Crippen LogP contribution in [0.4, 0.5) is 18.9 Å². The first-order valence-corrected chi connectivity index (χ1v) is 6.49. The summed E-state index contributed by atoms with van der Waals surface area (Å²) in [5.41, 5.74) is -1.49. The molecule has 1 N–H and O–H groups in total.